The lowest BCUT2D eigenvalue weighted by molar-refractivity contribution is -0.139. The molecule has 0 spiro atoms. The molecular weight excluding hydrogens is 256 g/mol. The Bertz CT molecular complexity index is 656. The molecule has 1 atom stereocenters. The number of hydrogen-bond donors (Lipinski definition) is 2. The van der Waals surface area contributed by atoms with Gasteiger partial charge >= 0.3 is 5.97 Å². The van der Waals surface area contributed by atoms with Crippen LogP contribution in [-0.4, -0.2) is 30.8 Å². The summed E-state index contributed by atoms with van der Waals surface area (Å²) in [6, 6.07) is 1.98. The van der Waals surface area contributed by atoms with Crippen LogP contribution in [0.1, 0.15) is 42.8 Å². The molecule has 106 valence electrons. The molecule has 2 heterocycles. The molecule has 0 radical (unpaired) electrons. The normalized spacial score (nSPS) is 18.0. The Morgan fingerprint density at radius 1 is 1.60 bits per heavy atom. The van der Waals surface area contributed by atoms with E-state index in [0.29, 0.717) is 12.1 Å². The number of aryl methyl sites for hydroxylation is 3. The van der Waals surface area contributed by atoms with Crippen molar-refractivity contribution in [2.24, 2.45) is 0 Å². The first-order valence-corrected chi connectivity index (χ1v) is 6.96. The summed E-state index contributed by atoms with van der Waals surface area (Å²) in [5, 5.41) is 13.7. The quantitative estimate of drug-likeness (QED) is 0.897. The van der Waals surface area contributed by atoms with Crippen LogP contribution in [0.2, 0.25) is 0 Å². The number of hydrogen-bond acceptors (Lipinski definition) is 3. The van der Waals surface area contributed by atoms with Crippen molar-refractivity contribution in [2.75, 3.05) is 0 Å². The number of imidazole rings is 1. The van der Waals surface area contributed by atoms with Crippen LogP contribution < -0.4 is 0 Å². The van der Waals surface area contributed by atoms with Gasteiger partial charge in [-0.05, 0) is 39.2 Å². The van der Waals surface area contributed by atoms with Crippen LogP contribution in [0, 0.1) is 6.92 Å². The Morgan fingerprint density at radius 2 is 2.40 bits per heavy atom. The summed E-state index contributed by atoms with van der Waals surface area (Å²) in [7, 11) is 0. The third kappa shape index (κ3) is 2.01. The predicted molar refractivity (Wildman–Crippen MR) is 73.5 cm³/mol. The summed E-state index contributed by atoms with van der Waals surface area (Å²) in [5.41, 5.74) is 3.51. The van der Waals surface area contributed by atoms with E-state index in [9.17, 15) is 9.90 Å². The first kappa shape index (κ1) is 12.9. The number of carboxylic acid groups (broad SMARTS) is 1. The smallest absolute Gasteiger partial charge is 0.312 e. The molecule has 0 aliphatic heterocycles. The average Bonchev–Trinajstić information content (AvgIpc) is 3.00. The van der Waals surface area contributed by atoms with Gasteiger partial charge < -0.3 is 10.1 Å². The first-order valence-electron chi connectivity index (χ1n) is 6.96. The Balaban J connectivity index is 2.06. The van der Waals surface area contributed by atoms with Crippen LogP contribution in [0.5, 0.6) is 0 Å². The van der Waals surface area contributed by atoms with E-state index in [1.807, 2.05) is 24.6 Å². The molecular formula is C14H18N4O2. The molecule has 6 nitrogen and oxygen atoms in total. The van der Waals surface area contributed by atoms with Crippen molar-refractivity contribution in [3.8, 4) is 11.5 Å². The summed E-state index contributed by atoms with van der Waals surface area (Å²) in [6.45, 7) is 4.73. The fourth-order valence-corrected chi connectivity index (χ4v) is 2.86. The van der Waals surface area contributed by atoms with Gasteiger partial charge in [0.05, 0.1) is 11.4 Å². The summed E-state index contributed by atoms with van der Waals surface area (Å²) in [6.07, 6.45) is 2.42. The van der Waals surface area contributed by atoms with E-state index >= 15 is 0 Å². The maximum absolute atomic E-state index is 11.3. The lowest BCUT2D eigenvalue weighted by atomic mass is 9.90. The van der Waals surface area contributed by atoms with Crippen molar-refractivity contribution in [1.29, 1.82) is 0 Å². The molecule has 1 aliphatic carbocycles. The third-order valence-electron chi connectivity index (χ3n) is 3.80. The van der Waals surface area contributed by atoms with Crippen molar-refractivity contribution in [2.45, 2.75) is 45.6 Å². The zero-order chi connectivity index (χ0) is 14.3. The number of carboxylic acids is 1. The van der Waals surface area contributed by atoms with Crippen LogP contribution in [0.3, 0.4) is 0 Å². The van der Waals surface area contributed by atoms with E-state index < -0.39 is 11.9 Å². The van der Waals surface area contributed by atoms with Gasteiger partial charge in [0.25, 0.3) is 0 Å². The van der Waals surface area contributed by atoms with Gasteiger partial charge in [0.1, 0.15) is 11.6 Å². The topological polar surface area (TPSA) is 83.8 Å². The van der Waals surface area contributed by atoms with E-state index in [1.165, 1.54) is 0 Å². The number of carbonyl (C=O) groups is 1. The third-order valence-corrected chi connectivity index (χ3v) is 3.80. The number of aliphatic carboxylic acids is 1. The number of H-pyrrole nitrogens is 1. The van der Waals surface area contributed by atoms with Crippen LogP contribution in [0.4, 0.5) is 0 Å². The number of aromatic amines is 1. The maximum atomic E-state index is 11.3. The van der Waals surface area contributed by atoms with Crippen molar-refractivity contribution in [3.63, 3.8) is 0 Å². The van der Waals surface area contributed by atoms with Gasteiger partial charge in [-0.3, -0.25) is 9.48 Å². The van der Waals surface area contributed by atoms with Gasteiger partial charge in [0.2, 0.25) is 0 Å². The van der Waals surface area contributed by atoms with Crippen LogP contribution in [0.25, 0.3) is 11.5 Å². The van der Waals surface area contributed by atoms with E-state index in [2.05, 4.69) is 15.1 Å². The molecule has 3 rings (SSSR count). The van der Waals surface area contributed by atoms with E-state index in [1.54, 1.807) is 0 Å². The van der Waals surface area contributed by atoms with Crippen LogP contribution in [0.15, 0.2) is 6.07 Å². The van der Waals surface area contributed by atoms with Crippen molar-refractivity contribution in [1.82, 2.24) is 19.7 Å². The highest BCUT2D eigenvalue weighted by Gasteiger charge is 2.30. The Hall–Kier alpha value is -2.11. The Labute approximate surface area is 116 Å². The number of nitrogens with one attached hydrogen (secondary N) is 1. The highest BCUT2D eigenvalue weighted by Crippen LogP contribution is 2.32. The van der Waals surface area contributed by atoms with Gasteiger partial charge in [-0.1, -0.05) is 0 Å². The lowest BCUT2D eigenvalue weighted by Crippen LogP contribution is -2.17. The van der Waals surface area contributed by atoms with Gasteiger partial charge in [-0.15, -0.1) is 0 Å². The second-order valence-corrected chi connectivity index (χ2v) is 5.22. The lowest BCUT2D eigenvalue weighted by Gasteiger charge is -2.16. The van der Waals surface area contributed by atoms with Crippen molar-refractivity contribution in [3.05, 3.63) is 23.1 Å². The molecule has 0 fully saturated rings. The van der Waals surface area contributed by atoms with Gasteiger partial charge in [0, 0.05) is 12.2 Å². The van der Waals surface area contributed by atoms with Crippen molar-refractivity contribution < 1.29 is 9.90 Å². The monoisotopic (exact) mass is 274 g/mol. The van der Waals surface area contributed by atoms with Crippen molar-refractivity contribution >= 4 is 5.97 Å². The summed E-state index contributed by atoms with van der Waals surface area (Å²) >= 11 is 0. The molecule has 0 amide bonds. The van der Waals surface area contributed by atoms with Crippen LogP contribution >= 0.6 is 0 Å². The number of aromatic nitrogens is 4. The molecule has 2 aromatic heterocycles. The molecule has 1 aliphatic rings. The number of rotatable bonds is 3. The molecule has 0 saturated heterocycles. The van der Waals surface area contributed by atoms with E-state index in [0.717, 1.165) is 42.3 Å². The highest BCUT2D eigenvalue weighted by molar-refractivity contribution is 5.76. The summed E-state index contributed by atoms with van der Waals surface area (Å²) < 4.78 is 1.88. The zero-order valence-corrected chi connectivity index (χ0v) is 11.7. The SMILES string of the molecule is CCn1nc(C)cc1-c1nc2c([nH]1)CCCC2C(=O)O. The highest BCUT2D eigenvalue weighted by atomic mass is 16.4. The predicted octanol–water partition coefficient (Wildman–Crippen LogP) is 2.11. The molecule has 0 saturated carbocycles. The number of fused-ring (bicyclic) bond motifs is 1. The molecule has 2 aromatic rings. The fourth-order valence-electron chi connectivity index (χ4n) is 2.86. The molecule has 2 N–H and O–H groups in total. The van der Waals surface area contributed by atoms with Gasteiger partial charge in [0.15, 0.2) is 5.82 Å². The van der Waals surface area contributed by atoms with E-state index in [4.69, 9.17) is 0 Å². The van der Waals surface area contributed by atoms with E-state index in [-0.39, 0.29) is 0 Å². The second kappa shape index (κ2) is 4.77. The Kier molecular flexibility index (Phi) is 3.08. The van der Waals surface area contributed by atoms with Gasteiger partial charge in [-0.2, -0.15) is 5.10 Å². The maximum Gasteiger partial charge on any atom is 0.312 e. The first-order chi connectivity index (χ1) is 9.60. The Morgan fingerprint density at radius 3 is 3.10 bits per heavy atom. The van der Waals surface area contributed by atoms with Crippen LogP contribution in [-0.2, 0) is 17.8 Å². The van der Waals surface area contributed by atoms with Gasteiger partial charge in [-0.25, -0.2) is 4.98 Å². The second-order valence-electron chi connectivity index (χ2n) is 5.22. The molecule has 1 unspecified atom stereocenters. The minimum Gasteiger partial charge on any atom is -0.481 e. The molecule has 20 heavy (non-hydrogen) atoms. The molecule has 0 bridgehead atoms. The average molecular weight is 274 g/mol. The largest absolute Gasteiger partial charge is 0.481 e. The minimum absolute atomic E-state index is 0.483. The summed E-state index contributed by atoms with van der Waals surface area (Å²) in [4.78, 5) is 19.2. The molecule has 6 heteroatoms. The minimum atomic E-state index is -0.788. The molecule has 0 aromatic carbocycles. The summed E-state index contributed by atoms with van der Waals surface area (Å²) in [5.74, 6) is -0.544. The zero-order valence-electron chi connectivity index (χ0n) is 11.7. The number of nitrogens with zero attached hydrogens (tertiary/aromatic N) is 3. The fraction of sp³-hybridized carbons (Fsp3) is 0.500. The standard InChI is InChI=1S/C14H18N4O2/c1-3-18-11(7-8(2)17-18)13-15-10-6-4-5-9(14(19)20)12(10)16-13/h7,9H,3-6H2,1-2H3,(H,15,16)(H,19,20).